The Bertz CT molecular complexity index is 1230. The van der Waals surface area contributed by atoms with Crippen molar-refractivity contribution in [3.63, 3.8) is 0 Å². The predicted molar refractivity (Wildman–Crippen MR) is 147 cm³/mol. The first-order chi connectivity index (χ1) is 18.9. The van der Waals surface area contributed by atoms with Crippen molar-refractivity contribution < 1.29 is 39.0 Å². The minimum absolute atomic E-state index is 0.0982. The van der Waals surface area contributed by atoms with E-state index in [4.69, 9.17) is 16.6 Å². The molecular weight excluding hydrogens is 544 g/mol. The van der Waals surface area contributed by atoms with Gasteiger partial charge in [-0.25, -0.2) is 4.79 Å². The molecule has 0 fully saturated rings. The van der Waals surface area contributed by atoms with E-state index in [1.54, 1.807) is 24.4 Å². The molecule has 0 radical (unpaired) electrons. The Morgan fingerprint density at radius 2 is 1.55 bits per heavy atom. The van der Waals surface area contributed by atoms with Crippen molar-refractivity contribution in [3.05, 3.63) is 36.0 Å². The molecule has 0 saturated heterocycles. The molecule has 0 saturated carbocycles. The summed E-state index contributed by atoms with van der Waals surface area (Å²) in [6.45, 7) is 0. The number of benzene rings is 1. The van der Waals surface area contributed by atoms with Gasteiger partial charge in [-0.05, 0) is 36.5 Å². The largest absolute Gasteiger partial charge is 0.481 e. The molecule has 1 aromatic carbocycles. The number of thioether (sulfide) groups is 1. The normalized spacial score (nSPS) is 13.9. The molecule has 4 unspecified atom stereocenters. The maximum atomic E-state index is 13.1. The van der Waals surface area contributed by atoms with Crippen LogP contribution in [0.3, 0.4) is 0 Å². The number of carboxylic acid groups (broad SMARTS) is 2. The zero-order chi connectivity index (χ0) is 29.8. The van der Waals surface area contributed by atoms with E-state index < -0.39 is 79.0 Å². The molecule has 0 bridgehead atoms. The van der Waals surface area contributed by atoms with Crippen molar-refractivity contribution in [1.29, 1.82) is 0 Å². The Hall–Kier alpha value is -4.11. The Kier molecular flexibility index (Phi) is 12.4. The van der Waals surface area contributed by atoms with Crippen molar-refractivity contribution in [2.45, 2.75) is 56.3 Å². The molecule has 2 aromatic rings. The van der Waals surface area contributed by atoms with Gasteiger partial charge in [0.2, 0.25) is 23.6 Å². The van der Waals surface area contributed by atoms with E-state index in [9.17, 15) is 33.9 Å². The number of fused-ring (bicyclic) bond motifs is 1. The Morgan fingerprint density at radius 3 is 2.17 bits per heavy atom. The fourth-order valence-corrected chi connectivity index (χ4v) is 4.36. The van der Waals surface area contributed by atoms with Gasteiger partial charge >= 0.3 is 11.9 Å². The average molecular weight is 579 g/mol. The number of nitrogens with one attached hydrogen (secondary N) is 4. The highest BCUT2D eigenvalue weighted by atomic mass is 32.2. The molecule has 40 heavy (non-hydrogen) atoms. The van der Waals surface area contributed by atoms with Crippen molar-refractivity contribution in [2.75, 3.05) is 12.0 Å². The van der Waals surface area contributed by atoms with Crippen LogP contribution in [0.4, 0.5) is 0 Å². The summed E-state index contributed by atoms with van der Waals surface area (Å²) < 4.78 is 0. The number of amides is 4. The molecule has 0 aliphatic carbocycles. The molecule has 1 aromatic heterocycles. The SMILES string of the molecule is CSCCC(N)C(=O)NC(CC(N)=O)C(=O)NC(CCC(=O)O)C(=O)NC(Cc1c[nH]c2ccccc12)C(=O)O. The molecular formula is C25H34N6O8S. The lowest BCUT2D eigenvalue weighted by molar-refractivity contribution is -0.143. The van der Waals surface area contributed by atoms with E-state index in [1.165, 1.54) is 11.8 Å². The van der Waals surface area contributed by atoms with Gasteiger partial charge in [-0.2, -0.15) is 11.8 Å². The van der Waals surface area contributed by atoms with Crippen LogP contribution in [-0.4, -0.2) is 86.9 Å². The first-order valence-corrected chi connectivity index (χ1v) is 13.8. The number of nitrogens with two attached hydrogens (primary N) is 2. The monoisotopic (exact) mass is 578 g/mol. The van der Waals surface area contributed by atoms with Gasteiger partial charge in [-0.3, -0.25) is 24.0 Å². The number of carbonyl (C=O) groups is 6. The highest BCUT2D eigenvalue weighted by molar-refractivity contribution is 7.98. The minimum atomic E-state index is -1.49. The predicted octanol–water partition coefficient (Wildman–Crippen LogP) is -0.930. The quantitative estimate of drug-likeness (QED) is 0.114. The highest BCUT2D eigenvalue weighted by Gasteiger charge is 2.31. The number of hydrogen-bond donors (Lipinski definition) is 8. The summed E-state index contributed by atoms with van der Waals surface area (Å²) in [7, 11) is 0. The Morgan fingerprint density at radius 1 is 0.925 bits per heavy atom. The van der Waals surface area contributed by atoms with Gasteiger partial charge in [0.1, 0.15) is 18.1 Å². The topological polar surface area (TPSA) is 247 Å². The van der Waals surface area contributed by atoms with Crippen molar-refractivity contribution in [1.82, 2.24) is 20.9 Å². The number of carbonyl (C=O) groups excluding carboxylic acids is 4. The lowest BCUT2D eigenvalue weighted by Crippen LogP contribution is -2.58. The Labute approximate surface area is 234 Å². The summed E-state index contributed by atoms with van der Waals surface area (Å²) in [5.74, 6) is -5.62. The van der Waals surface area contributed by atoms with Crippen LogP contribution in [0.5, 0.6) is 0 Å². The zero-order valence-electron chi connectivity index (χ0n) is 21.8. The number of primary amides is 1. The summed E-state index contributed by atoms with van der Waals surface area (Å²) >= 11 is 1.46. The second-order valence-electron chi connectivity index (χ2n) is 9.08. The smallest absolute Gasteiger partial charge is 0.326 e. The zero-order valence-corrected chi connectivity index (χ0v) is 22.7. The second kappa shape index (κ2) is 15.5. The lowest BCUT2D eigenvalue weighted by Gasteiger charge is -2.24. The molecule has 2 rings (SSSR count). The van der Waals surface area contributed by atoms with Gasteiger partial charge in [0, 0.05) is 29.9 Å². The highest BCUT2D eigenvalue weighted by Crippen LogP contribution is 2.19. The van der Waals surface area contributed by atoms with E-state index in [0.717, 1.165) is 10.9 Å². The number of para-hydroxylation sites is 1. The third kappa shape index (κ3) is 9.89. The van der Waals surface area contributed by atoms with E-state index in [-0.39, 0.29) is 6.42 Å². The van der Waals surface area contributed by atoms with Gasteiger partial charge in [0.15, 0.2) is 0 Å². The summed E-state index contributed by atoms with van der Waals surface area (Å²) in [5, 5.41) is 26.6. The molecule has 218 valence electrons. The average Bonchev–Trinajstić information content (AvgIpc) is 3.30. The molecule has 0 aliphatic rings. The van der Waals surface area contributed by atoms with Gasteiger partial charge in [-0.15, -0.1) is 0 Å². The maximum absolute atomic E-state index is 13.1. The maximum Gasteiger partial charge on any atom is 0.326 e. The van der Waals surface area contributed by atoms with Gasteiger partial charge in [0.05, 0.1) is 12.5 Å². The standard InChI is InChI=1S/C25H34N6O8S/c1-40-9-8-15(26)22(35)30-18(11-20(27)32)24(37)29-17(6-7-21(33)34)23(36)31-19(25(38)39)10-13-12-28-16-5-3-2-4-14(13)16/h2-5,12,15,17-19,28H,6-11,26H2,1H3,(H2,27,32)(H,29,37)(H,30,35)(H,31,36)(H,33,34)(H,38,39). The van der Waals surface area contributed by atoms with Crippen LogP contribution in [0.1, 0.15) is 31.2 Å². The number of hydrogen-bond acceptors (Lipinski definition) is 8. The van der Waals surface area contributed by atoms with Crippen molar-refractivity contribution >= 4 is 58.2 Å². The van der Waals surface area contributed by atoms with Crippen LogP contribution in [0.2, 0.25) is 0 Å². The summed E-state index contributed by atoms with van der Waals surface area (Å²) in [6, 6.07) is 1.81. The molecule has 0 spiro atoms. The first-order valence-electron chi connectivity index (χ1n) is 12.4. The lowest BCUT2D eigenvalue weighted by atomic mass is 10.0. The molecule has 4 atom stereocenters. The second-order valence-corrected chi connectivity index (χ2v) is 10.1. The van der Waals surface area contributed by atoms with Crippen LogP contribution >= 0.6 is 11.8 Å². The molecule has 4 amide bonds. The third-order valence-corrected chi connectivity index (χ3v) is 6.65. The Balaban J connectivity index is 2.19. The summed E-state index contributed by atoms with van der Waals surface area (Å²) in [5.41, 5.74) is 12.4. The number of rotatable bonds is 17. The molecule has 14 nitrogen and oxygen atoms in total. The van der Waals surface area contributed by atoms with Crippen molar-refractivity contribution in [2.24, 2.45) is 11.5 Å². The fourth-order valence-electron chi connectivity index (χ4n) is 3.87. The number of aromatic amines is 1. The van der Waals surface area contributed by atoms with Crippen LogP contribution in [0, 0.1) is 0 Å². The van der Waals surface area contributed by atoms with Crippen LogP contribution < -0.4 is 27.4 Å². The third-order valence-electron chi connectivity index (χ3n) is 6.00. The van der Waals surface area contributed by atoms with Crippen LogP contribution in [0.25, 0.3) is 10.9 Å². The fraction of sp³-hybridized carbons (Fsp3) is 0.440. The number of H-pyrrole nitrogens is 1. The molecule has 0 aliphatic heterocycles. The van der Waals surface area contributed by atoms with Crippen LogP contribution in [-0.2, 0) is 35.2 Å². The van der Waals surface area contributed by atoms with Crippen LogP contribution in [0.15, 0.2) is 30.5 Å². The van der Waals surface area contributed by atoms with Gasteiger partial charge < -0.3 is 42.6 Å². The molecule has 15 heteroatoms. The number of aromatic nitrogens is 1. The van der Waals surface area contributed by atoms with E-state index in [1.807, 2.05) is 12.3 Å². The van der Waals surface area contributed by atoms with E-state index in [0.29, 0.717) is 17.7 Å². The molecule has 10 N–H and O–H groups in total. The van der Waals surface area contributed by atoms with Gasteiger partial charge in [0.25, 0.3) is 0 Å². The van der Waals surface area contributed by atoms with Gasteiger partial charge in [-0.1, -0.05) is 18.2 Å². The summed E-state index contributed by atoms with van der Waals surface area (Å²) in [4.78, 5) is 76.3. The molecule has 1 heterocycles. The number of carboxylic acids is 2. The first kappa shape index (κ1) is 32.1. The summed E-state index contributed by atoms with van der Waals surface area (Å²) in [6.07, 6.45) is 2.11. The number of aliphatic carboxylic acids is 2. The van der Waals surface area contributed by atoms with E-state index in [2.05, 4.69) is 20.9 Å². The minimum Gasteiger partial charge on any atom is -0.481 e. The van der Waals surface area contributed by atoms with Crippen molar-refractivity contribution in [3.8, 4) is 0 Å². The van der Waals surface area contributed by atoms with E-state index >= 15 is 0 Å².